The number of nitrogens with one attached hydrogen (secondary N) is 1. The molecule has 1 saturated heterocycles. The molecular formula is C17H28N2. The minimum atomic E-state index is 0.277. The zero-order valence-electron chi connectivity index (χ0n) is 13.1. The Morgan fingerprint density at radius 3 is 2.74 bits per heavy atom. The summed E-state index contributed by atoms with van der Waals surface area (Å²) < 4.78 is 0. The second-order valence-electron chi connectivity index (χ2n) is 6.80. The molecule has 2 heteroatoms. The molecule has 0 saturated carbocycles. The van der Waals surface area contributed by atoms with Crippen LogP contribution in [0.4, 0.5) is 0 Å². The summed E-state index contributed by atoms with van der Waals surface area (Å²) in [5.41, 5.74) is 4.52. The van der Waals surface area contributed by atoms with Crippen molar-refractivity contribution >= 4 is 0 Å². The van der Waals surface area contributed by atoms with Gasteiger partial charge in [0.2, 0.25) is 0 Å². The van der Waals surface area contributed by atoms with Crippen LogP contribution in [0.1, 0.15) is 43.4 Å². The van der Waals surface area contributed by atoms with Crippen LogP contribution < -0.4 is 5.32 Å². The number of nitrogens with zero attached hydrogens (tertiary/aromatic N) is 1. The van der Waals surface area contributed by atoms with Gasteiger partial charge in [-0.2, -0.15) is 0 Å². The van der Waals surface area contributed by atoms with E-state index in [1.165, 1.54) is 29.5 Å². The summed E-state index contributed by atoms with van der Waals surface area (Å²) in [6, 6.07) is 7.46. The van der Waals surface area contributed by atoms with Gasteiger partial charge in [0, 0.05) is 18.1 Å². The third-order valence-corrected chi connectivity index (χ3v) is 4.37. The van der Waals surface area contributed by atoms with Gasteiger partial charge in [-0.25, -0.2) is 0 Å². The lowest BCUT2D eigenvalue weighted by molar-refractivity contribution is 0.138. The largest absolute Gasteiger partial charge is 0.312 e. The maximum atomic E-state index is 3.60. The smallest absolute Gasteiger partial charge is 0.0236 e. The van der Waals surface area contributed by atoms with E-state index in [1.807, 2.05) is 0 Å². The van der Waals surface area contributed by atoms with E-state index in [4.69, 9.17) is 0 Å². The summed E-state index contributed by atoms with van der Waals surface area (Å²) in [6.07, 6.45) is 2.49. The third kappa shape index (κ3) is 3.80. The van der Waals surface area contributed by atoms with E-state index < -0.39 is 0 Å². The molecule has 1 aliphatic rings. The zero-order valence-corrected chi connectivity index (χ0v) is 13.1. The molecule has 1 aliphatic heterocycles. The van der Waals surface area contributed by atoms with E-state index in [9.17, 15) is 0 Å². The van der Waals surface area contributed by atoms with Gasteiger partial charge in [0.05, 0.1) is 0 Å². The zero-order chi connectivity index (χ0) is 14.0. The highest BCUT2D eigenvalue weighted by Gasteiger charge is 2.29. The first-order valence-electron chi connectivity index (χ1n) is 7.39. The predicted octanol–water partition coefficient (Wildman–Crippen LogP) is 3.27. The van der Waals surface area contributed by atoms with Crippen LogP contribution in [0.15, 0.2) is 18.2 Å². The number of hydrogen-bond acceptors (Lipinski definition) is 2. The second-order valence-corrected chi connectivity index (χ2v) is 6.80. The molecule has 1 atom stereocenters. The Labute approximate surface area is 118 Å². The van der Waals surface area contributed by atoms with Gasteiger partial charge >= 0.3 is 0 Å². The molecule has 1 heterocycles. The fraction of sp³-hybridized carbons (Fsp3) is 0.647. The molecule has 1 aromatic carbocycles. The van der Waals surface area contributed by atoms with Gasteiger partial charge in [-0.3, -0.25) is 4.90 Å². The Kier molecular flexibility index (Phi) is 4.32. The van der Waals surface area contributed by atoms with E-state index in [0.29, 0.717) is 6.04 Å². The fourth-order valence-corrected chi connectivity index (χ4v) is 3.09. The highest BCUT2D eigenvalue weighted by molar-refractivity contribution is 5.30. The summed E-state index contributed by atoms with van der Waals surface area (Å²) in [5.74, 6) is 0. The molecule has 106 valence electrons. The summed E-state index contributed by atoms with van der Waals surface area (Å²) in [4.78, 5) is 2.53. The summed E-state index contributed by atoms with van der Waals surface area (Å²) in [5, 5.41) is 3.60. The fourth-order valence-electron chi connectivity index (χ4n) is 3.09. The number of hydrogen-bond donors (Lipinski definition) is 1. The molecule has 1 unspecified atom stereocenters. The van der Waals surface area contributed by atoms with Crippen molar-refractivity contribution in [3.8, 4) is 0 Å². The minimum Gasteiger partial charge on any atom is -0.312 e. The Balaban J connectivity index is 2.04. The average Bonchev–Trinajstić information content (AvgIpc) is 2.32. The Morgan fingerprint density at radius 1 is 1.32 bits per heavy atom. The molecule has 0 spiro atoms. The molecular weight excluding hydrogens is 232 g/mol. The van der Waals surface area contributed by atoms with Crippen LogP contribution in [0.2, 0.25) is 0 Å². The number of aryl methyl sites for hydroxylation is 2. The molecule has 2 nitrogen and oxygen atoms in total. The standard InChI is InChI=1S/C17H28N2/c1-13-6-7-14(2)15(10-13)12-19(5)16-8-9-18-17(3,4)11-16/h6-7,10,16,18H,8-9,11-12H2,1-5H3. The lowest BCUT2D eigenvalue weighted by atomic mass is 9.88. The molecule has 0 amide bonds. The van der Waals surface area contributed by atoms with Crippen molar-refractivity contribution in [2.24, 2.45) is 0 Å². The molecule has 0 aromatic heterocycles. The lowest BCUT2D eigenvalue weighted by Gasteiger charge is -2.40. The van der Waals surface area contributed by atoms with Crippen molar-refractivity contribution in [3.63, 3.8) is 0 Å². The minimum absolute atomic E-state index is 0.277. The predicted molar refractivity (Wildman–Crippen MR) is 82.5 cm³/mol. The van der Waals surface area contributed by atoms with Gasteiger partial charge in [0.1, 0.15) is 0 Å². The van der Waals surface area contributed by atoms with Crippen molar-refractivity contribution in [3.05, 3.63) is 34.9 Å². The Bertz CT molecular complexity index is 437. The normalized spacial score (nSPS) is 22.7. The number of benzene rings is 1. The van der Waals surface area contributed by atoms with Crippen molar-refractivity contribution in [2.45, 2.75) is 58.7 Å². The van der Waals surface area contributed by atoms with Gasteiger partial charge in [0.15, 0.2) is 0 Å². The molecule has 1 N–H and O–H groups in total. The first kappa shape index (κ1) is 14.5. The second kappa shape index (κ2) is 5.64. The number of piperidine rings is 1. The molecule has 0 bridgehead atoms. The first-order chi connectivity index (χ1) is 8.87. The SMILES string of the molecule is Cc1ccc(C)c(CN(C)C2CCNC(C)(C)C2)c1. The van der Waals surface area contributed by atoms with Crippen LogP contribution >= 0.6 is 0 Å². The maximum absolute atomic E-state index is 3.60. The molecule has 0 radical (unpaired) electrons. The summed E-state index contributed by atoms with van der Waals surface area (Å²) >= 11 is 0. The van der Waals surface area contributed by atoms with Crippen LogP contribution in [-0.4, -0.2) is 30.1 Å². The summed E-state index contributed by atoms with van der Waals surface area (Å²) in [7, 11) is 2.27. The monoisotopic (exact) mass is 260 g/mol. The van der Waals surface area contributed by atoms with E-state index in [-0.39, 0.29) is 5.54 Å². The van der Waals surface area contributed by atoms with Crippen LogP contribution in [0, 0.1) is 13.8 Å². The van der Waals surface area contributed by atoms with Gasteiger partial charge < -0.3 is 5.32 Å². The third-order valence-electron chi connectivity index (χ3n) is 4.37. The lowest BCUT2D eigenvalue weighted by Crippen LogP contribution is -2.52. The first-order valence-corrected chi connectivity index (χ1v) is 7.39. The summed E-state index contributed by atoms with van der Waals surface area (Å²) in [6.45, 7) is 11.2. The van der Waals surface area contributed by atoms with Crippen molar-refractivity contribution < 1.29 is 0 Å². The Hall–Kier alpha value is -0.860. The Morgan fingerprint density at radius 2 is 2.05 bits per heavy atom. The highest BCUT2D eigenvalue weighted by Crippen LogP contribution is 2.24. The number of rotatable bonds is 3. The van der Waals surface area contributed by atoms with Gasteiger partial charge in [-0.05, 0) is 65.3 Å². The van der Waals surface area contributed by atoms with Crippen LogP contribution in [-0.2, 0) is 6.54 Å². The van der Waals surface area contributed by atoms with Crippen molar-refractivity contribution in [1.82, 2.24) is 10.2 Å². The van der Waals surface area contributed by atoms with Gasteiger partial charge in [-0.1, -0.05) is 23.8 Å². The quantitative estimate of drug-likeness (QED) is 0.897. The van der Waals surface area contributed by atoms with Crippen molar-refractivity contribution in [2.75, 3.05) is 13.6 Å². The highest BCUT2D eigenvalue weighted by atomic mass is 15.1. The van der Waals surface area contributed by atoms with Crippen LogP contribution in [0.3, 0.4) is 0 Å². The van der Waals surface area contributed by atoms with Gasteiger partial charge in [-0.15, -0.1) is 0 Å². The van der Waals surface area contributed by atoms with Crippen LogP contribution in [0.25, 0.3) is 0 Å². The molecule has 2 rings (SSSR count). The van der Waals surface area contributed by atoms with E-state index in [2.05, 4.69) is 63.2 Å². The van der Waals surface area contributed by atoms with Crippen LogP contribution in [0.5, 0.6) is 0 Å². The molecule has 0 aliphatic carbocycles. The molecule has 1 aromatic rings. The average molecular weight is 260 g/mol. The molecule has 1 fully saturated rings. The topological polar surface area (TPSA) is 15.3 Å². The van der Waals surface area contributed by atoms with Gasteiger partial charge in [0.25, 0.3) is 0 Å². The molecule has 19 heavy (non-hydrogen) atoms. The van der Waals surface area contributed by atoms with E-state index in [0.717, 1.165) is 13.1 Å². The van der Waals surface area contributed by atoms with E-state index >= 15 is 0 Å². The van der Waals surface area contributed by atoms with Crippen molar-refractivity contribution in [1.29, 1.82) is 0 Å². The van der Waals surface area contributed by atoms with E-state index in [1.54, 1.807) is 0 Å². The maximum Gasteiger partial charge on any atom is 0.0236 e.